The fourth-order valence-electron chi connectivity index (χ4n) is 1.72. The van der Waals surface area contributed by atoms with Crippen molar-refractivity contribution in [3.8, 4) is 0 Å². The summed E-state index contributed by atoms with van der Waals surface area (Å²) in [7, 11) is -3.46. The second-order valence-electron chi connectivity index (χ2n) is 4.51. The lowest BCUT2D eigenvalue weighted by molar-refractivity contribution is 0.595. The standard InChI is InChI=1S/C15H14BrClO2S2/c1-11-2-8-14(9-3-11)21(18,19)15(10-17)20-13-6-4-12(16)5-7-13/h2-9,15H,10H2,1H3. The third kappa shape index (κ3) is 4.25. The van der Waals surface area contributed by atoms with E-state index in [2.05, 4.69) is 15.9 Å². The molecule has 6 heteroatoms. The summed E-state index contributed by atoms with van der Waals surface area (Å²) in [5, 5.41) is 0. The van der Waals surface area contributed by atoms with E-state index in [1.165, 1.54) is 11.8 Å². The summed E-state index contributed by atoms with van der Waals surface area (Å²) >= 11 is 10.5. The van der Waals surface area contributed by atoms with E-state index in [9.17, 15) is 8.42 Å². The Kier molecular flexibility index (Phi) is 5.77. The summed E-state index contributed by atoms with van der Waals surface area (Å²) in [6, 6.07) is 14.4. The summed E-state index contributed by atoms with van der Waals surface area (Å²) in [6.45, 7) is 1.92. The van der Waals surface area contributed by atoms with Crippen LogP contribution >= 0.6 is 39.3 Å². The predicted molar refractivity (Wildman–Crippen MR) is 92.9 cm³/mol. The second kappa shape index (κ2) is 7.18. The second-order valence-corrected chi connectivity index (χ2v) is 9.44. The van der Waals surface area contributed by atoms with Crippen LogP contribution in [0.5, 0.6) is 0 Å². The Balaban J connectivity index is 2.27. The van der Waals surface area contributed by atoms with Gasteiger partial charge in [-0.2, -0.15) is 0 Å². The lowest BCUT2D eigenvalue weighted by Crippen LogP contribution is -2.19. The molecule has 2 nitrogen and oxygen atoms in total. The maximum absolute atomic E-state index is 12.6. The topological polar surface area (TPSA) is 34.1 Å². The third-order valence-electron chi connectivity index (χ3n) is 2.90. The van der Waals surface area contributed by atoms with Gasteiger partial charge in [-0.3, -0.25) is 0 Å². The van der Waals surface area contributed by atoms with Crippen LogP contribution in [0.2, 0.25) is 0 Å². The molecule has 2 aromatic carbocycles. The van der Waals surface area contributed by atoms with Gasteiger partial charge in [0.1, 0.15) is 4.58 Å². The molecule has 2 aromatic rings. The van der Waals surface area contributed by atoms with Crippen LogP contribution in [0.25, 0.3) is 0 Å². The van der Waals surface area contributed by atoms with Crippen molar-refractivity contribution in [2.75, 3.05) is 5.88 Å². The number of thioether (sulfide) groups is 1. The van der Waals surface area contributed by atoms with Crippen LogP contribution in [0.15, 0.2) is 62.8 Å². The highest BCUT2D eigenvalue weighted by molar-refractivity contribution is 9.10. The highest BCUT2D eigenvalue weighted by atomic mass is 79.9. The van der Waals surface area contributed by atoms with Crippen molar-refractivity contribution >= 4 is 49.1 Å². The van der Waals surface area contributed by atoms with E-state index < -0.39 is 14.4 Å². The zero-order valence-corrected chi connectivity index (χ0v) is 15.3. The molecule has 0 aliphatic rings. The maximum atomic E-state index is 12.6. The summed E-state index contributed by atoms with van der Waals surface area (Å²) in [4.78, 5) is 1.18. The van der Waals surface area contributed by atoms with E-state index in [-0.39, 0.29) is 5.88 Å². The Morgan fingerprint density at radius 3 is 2.19 bits per heavy atom. The van der Waals surface area contributed by atoms with Crippen molar-refractivity contribution in [2.24, 2.45) is 0 Å². The fourth-order valence-corrected chi connectivity index (χ4v) is 5.49. The third-order valence-corrected chi connectivity index (χ3v) is 7.92. The van der Waals surface area contributed by atoms with Crippen molar-refractivity contribution < 1.29 is 8.42 Å². The molecule has 0 amide bonds. The van der Waals surface area contributed by atoms with Gasteiger partial charge in [0.2, 0.25) is 0 Å². The Hall–Kier alpha value is -0.490. The summed E-state index contributed by atoms with van der Waals surface area (Å²) in [5.74, 6) is 0.0386. The molecular formula is C15H14BrClO2S2. The molecule has 1 unspecified atom stereocenters. The van der Waals surface area contributed by atoms with E-state index in [1.807, 2.05) is 31.2 Å². The van der Waals surface area contributed by atoms with Crippen molar-refractivity contribution in [3.05, 3.63) is 58.6 Å². The lowest BCUT2D eigenvalue weighted by atomic mass is 10.2. The van der Waals surface area contributed by atoms with Crippen LogP contribution in [0.1, 0.15) is 5.56 Å². The Morgan fingerprint density at radius 2 is 1.67 bits per heavy atom. The minimum Gasteiger partial charge on any atom is -0.222 e. The minimum atomic E-state index is -3.46. The number of alkyl halides is 1. The van der Waals surface area contributed by atoms with Gasteiger partial charge in [0.25, 0.3) is 0 Å². The average molecular weight is 406 g/mol. The van der Waals surface area contributed by atoms with E-state index in [4.69, 9.17) is 11.6 Å². The Bertz CT molecular complexity index is 697. The molecule has 21 heavy (non-hydrogen) atoms. The lowest BCUT2D eigenvalue weighted by Gasteiger charge is -2.15. The number of halogens is 2. The predicted octanol–water partition coefficient (Wildman–Crippen LogP) is 4.89. The highest BCUT2D eigenvalue weighted by Gasteiger charge is 2.27. The van der Waals surface area contributed by atoms with Crippen LogP contribution < -0.4 is 0 Å². The number of benzene rings is 2. The van der Waals surface area contributed by atoms with Crippen molar-refractivity contribution in [3.63, 3.8) is 0 Å². The fraction of sp³-hybridized carbons (Fsp3) is 0.200. The first-order valence-electron chi connectivity index (χ1n) is 6.22. The molecule has 2 rings (SSSR count). The quantitative estimate of drug-likeness (QED) is 0.525. The van der Waals surface area contributed by atoms with Gasteiger partial charge < -0.3 is 0 Å². The minimum absolute atomic E-state index is 0.0386. The van der Waals surface area contributed by atoms with Gasteiger partial charge in [-0.25, -0.2) is 8.42 Å². The van der Waals surface area contributed by atoms with Gasteiger partial charge in [-0.05, 0) is 43.3 Å². The van der Waals surface area contributed by atoms with Gasteiger partial charge in [0, 0.05) is 15.2 Å². The zero-order chi connectivity index (χ0) is 15.5. The molecule has 0 N–H and O–H groups in total. The van der Waals surface area contributed by atoms with E-state index in [0.717, 1.165) is 14.9 Å². The average Bonchev–Trinajstić information content (AvgIpc) is 2.47. The van der Waals surface area contributed by atoms with E-state index >= 15 is 0 Å². The SMILES string of the molecule is Cc1ccc(S(=O)(=O)C(CCl)Sc2ccc(Br)cc2)cc1. The molecule has 112 valence electrons. The zero-order valence-electron chi connectivity index (χ0n) is 11.3. The summed E-state index contributed by atoms with van der Waals surface area (Å²) in [6.07, 6.45) is 0. The largest absolute Gasteiger partial charge is 0.222 e. The van der Waals surface area contributed by atoms with Gasteiger partial charge in [-0.15, -0.1) is 23.4 Å². The molecule has 0 aliphatic heterocycles. The number of sulfone groups is 1. The Morgan fingerprint density at radius 1 is 1.10 bits per heavy atom. The summed E-state index contributed by atoms with van der Waals surface area (Å²) in [5.41, 5.74) is 1.02. The smallest absolute Gasteiger partial charge is 0.192 e. The number of aryl methyl sites for hydroxylation is 1. The van der Waals surface area contributed by atoms with Crippen LogP contribution in [0.4, 0.5) is 0 Å². The maximum Gasteiger partial charge on any atom is 0.192 e. The number of hydrogen-bond donors (Lipinski definition) is 0. The molecule has 0 saturated carbocycles. The van der Waals surface area contributed by atoms with Crippen LogP contribution in [0.3, 0.4) is 0 Å². The first-order valence-corrected chi connectivity index (χ1v) is 9.97. The van der Waals surface area contributed by atoms with Crippen molar-refractivity contribution in [2.45, 2.75) is 21.3 Å². The van der Waals surface area contributed by atoms with Crippen molar-refractivity contribution in [1.82, 2.24) is 0 Å². The van der Waals surface area contributed by atoms with Gasteiger partial charge in [-0.1, -0.05) is 33.6 Å². The molecule has 0 aliphatic carbocycles. The molecule has 0 aromatic heterocycles. The molecule has 0 spiro atoms. The first-order chi connectivity index (χ1) is 9.93. The number of rotatable bonds is 5. The Labute approximate surface area is 143 Å². The molecule has 0 radical (unpaired) electrons. The molecule has 0 heterocycles. The van der Waals surface area contributed by atoms with Gasteiger partial charge in [0.05, 0.1) is 4.90 Å². The molecular weight excluding hydrogens is 392 g/mol. The molecule has 0 fully saturated rings. The first kappa shape index (κ1) is 16.9. The van der Waals surface area contributed by atoms with E-state index in [1.54, 1.807) is 24.3 Å². The van der Waals surface area contributed by atoms with Crippen LogP contribution in [0, 0.1) is 6.92 Å². The van der Waals surface area contributed by atoms with E-state index in [0.29, 0.717) is 4.90 Å². The van der Waals surface area contributed by atoms with Crippen LogP contribution in [-0.2, 0) is 9.84 Å². The summed E-state index contributed by atoms with van der Waals surface area (Å²) < 4.78 is 25.5. The normalized spacial score (nSPS) is 13.1. The highest BCUT2D eigenvalue weighted by Crippen LogP contribution is 2.32. The van der Waals surface area contributed by atoms with Gasteiger partial charge >= 0.3 is 0 Å². The van der Waals surface area contributed by atoms with Crippen LogP contribution in [-0.4, -0.2) is 18.9 Å². The molecule has 0 saturated heterocycles. The molecule has 1 atom stereocenters. The molecule has 0 bridgehead atoms. The number of hydrogen-bond acceptors (Lipinski definition) is 3. The monoisotopic (exact) mass is 404 g/mol. The van der Waals surface area contributed by atoms with Crippen molar-refractivity contribution in [1.29, 1.82) is 0 Å². The van der Waals surface area contributed by atoms with Gasteiger partial charge in [0.15, 0.2) is 9.84 Å².